The Morgan fingerprint density at radius 3 is 2.80 bits per heavy atom. The first-order chi connectivity index (χ1) is 7.16. The largest absolute Gasteiger partial charge is 0.804 e. The molecule has 0 aliphatic heterocycles. The van der Waals surface area contributed by atoms with Gasteiger partial charge in [0.2, 0.25) is 0 Å². The topological polar surface area (TPSA) is 74.8 Å². The van der Waals surface area contributed by atoms with E-state index in [9.17, 15) is 10.1 Å². The zero-order valence-corrected chi connectivity index (χ0v) is 8.10. The molecular formula is C9H4ClN3O2. The molecule has 0 fully saturated rings. The molecule has 6 heteroatoms. The van der Waals surface area contributed by atoms with Gasteiger partial charge in [-0.25, -0.2) is 0 Å². The van der Waals surface area contributed by atoms with Gasteiger partial charge in [-0.3, -0.25) is 0 Å². The summed E-state index contributed by atoms with van der Waals surface area (Å²) in [6.45, 7) is 0. The van der Waals surface area contributed by atoms with Crippen molar-refractivity contribution in [2.24, 2.45) is 0 Å². The summed E-state index contributed by atoms with van der Waals surface area (Å²) in [5, 5.41) is 19.8. The Bertz CT molecular complexity index is 642. The highest BCUT2D eigenvalue weighted by molar-refractivity contribution is 6.30. The van der Waals surface area contributed by atoms with Crippen molar-refractivity contribution in [1.29, 1.82) is 5.26 Å². The Hall–Kier alpha value is -2.06. The number of para-hydroxylation sites is 2. The minimum atomic E-state index is -0.411. The van der Waals surface area contributed by atoms with Crippen LogP contribution >= 0.6 is 11.6 Å². The van der Waals surface area contributed by atoms with Crippen molar-refractivity contribution >= 4 is 22.6 Å². The molecule has 0 bridgehead atoms. The first-order valence-electron chi connectivity index (χ1n) is 4.00. The van der Waals surface area contributed by atoms with Crippen LogP contribution in [0.3, 0.4) is 0 Å². The summed E-state index contributed by atoms with van der Waals surface area (Å²) < 4.78 is 0.718. The minimum absolute atomic E-state index is 0.119. The van der Waals surface area contributed by atoms with Crippen LogP contribution in [0.25, 0.3) is 11.0 Å². The van der Waals surface area contributed by atoms with E-state index in [2.05, 4.69) is 0 Å². The van der Waals surface area contributed by atoms with E-state index in [1.54, 1.807) is 18.2 Å². The molecule has 5 nitrogen and oxygen atoms in total. The molecule has 1 aromatic carbocycles. The molecular weight excluding hydrogens is 218 g/mol. The normalized spacial score (nSPS) is 10.1. The summed E-state index contributed by atoms with van der Waals surface area (Å²) in [5.41, 5.74) is -0.143. The Balaban J connectivity index is 3.12. The van der Waals surface area contributed by atoms with Crippen molar-refractivity contribution in [2.45, 2.75) is 0 Å². The van der Waals surface area contributed by atoms with Gasteiger partial charge in [-0.05, 0) is 6.07 Å². The molecule has 1 aromatic heterocycles. The van der Waals surface area contributed by atoms with Crippen LogP contribution in [-0.2, 0) is 0 Å². The molecule has 0 radical (unpaired) electrons. The number of nitriles is 1. The molecule has 2 aromatic rings. The summed E-state index contributed by atoms with van der Waals surface area (Å²) in [7, 11) is 0. The lowest BCUT2D eigenvalue weighted by Crippen LogP contribution is -2.23. The van der Waals surface area contributed by atoms with Crippen LogP contribution in [0, 0.1) is 21.4 Å². The summed E-state index contributed by atoms with van der Waals surface area (Å²) in [6.07, 6.45) is 0. The summed E-state index contributed by atoms with van der Waals surface area (Å²) >= 11 is 5.58. The Morgan fingerprint density at radius 2 is 2.13 bits per heavy atom. The van der Waals surface area contributed by atoms with Gasteiger partial charge in [-0.1, -0.05) is 23.7 Å². The number of rotatable bonds is 0. The van der Waals surface area contributed by atoms with Crippen molar-refractivity contribution in [2.75, 3.05) is 0 Å². The van der Waals surface area contributed by atoms with Gasteiger partial charge in [-0.2, -0.15) is 5.26 Å². The van der Waals surface area contributed by atoms with Crippen molar-refractivity contribution in [3.63, 3.8) is 0 Å². The standard InChI is InChI=1S/C9H4ClN3O2/c10-9-8(5-11)12(14)6-3-1-2-4-7(6)13(9)15/h1-4H. The third-order valence-electron chi connectivity index (χ3n) is 2.00. The maximum atomic E-state index is 11.6. The first-order valence-corrected chi connectivity index (χ1v) is 4.38. The van der Waals surface area contributed by atoms with Crippen molar-refractivity contribution in [3.8, 4) is 6.07 Å². The molecule has 0 aliphatic rings. The summed E-state index contributed by atoms with van der Waals surface area (Å²) in [6, 6.07) is 7.72. The lowest BCUT2D eigenvalue weighted by Gasteiger charge is -2.12. The second kappa shape index (κ2) is 3.26. The van der Waals surface area contributed by atoms with Gasteiger partial charge in [0, 0.05) is 11.0 Å². The molecule has 0 saturated heterocycles. The van der Waals surface area contributed by atoms with Gasteiger partial charge in [0.25, 0.3) is 5.52 Å². The molecule has 0 N–H and O–H groups in total. The monoisotopic (exact) mass is 221 g/mol. The third kappa shape index (κ3) is 1.23. The van der Waals surface area contributed by atoms with Crippen LogP contribution in [0.15, 0.2) is 24.3 Å². The molecule has 74 valence electrons. The van der Waals surface area contributed by atoms with Crippen molar-refractivity contribution in [1.82, 2.24) is 4.73 Å². The molecule has 0 atom stereocenters. The van der Waals surface area contributed by atoms with Crippen LogP contribution in [0.4, 0.5) is 0 Å². The summed E-state index contributed by atoms with van der Waals surface area (Å²) in [4.78, 5) is 11.6. The van der Waals surface area contributed by atoms with Gasteiger partial charge in [0.1, 0.15) is 5.52 Å². The van der Waals surface area contributed by atoms with Crippen LogP contribution in [0.2, 0.25) is 5.15 Å². The highest BCUT2D eigenvalue weighted by Gasteiger charge is 2.20. The Morgan fingerprint density at radius 1 is 1.47 bits per heavy atom. The maximum Gasteiger partial charge on any atom is 0.374 e. The number of benzene rings is 1. The lowest BCUT2D eigenvalue weighted by atomic mass is 10.3. The smallest absolute Gasteiger partial charge is 0.374 e. The van der Waals surface area contributed by atoms with E-state index in [1.165, 1.54) is 12.1 Å². The molecule has 0 saturated carbocycles. The number of fused-ring (bicyclic) bond motifs is 1. The van der Waals surface area contributed by atoms with Gasteiger partial charge in [0.15, 0.2) is 11.2 Å². The highest BCUT2D eigenvalue weighted by atomic mass is 35.5. The predicted octanol–water partition coefficient (Wildman–Crippen LogP) is 1.43. The molecule has 15 heavy (non-hydrogen) atoms. The number of hydrogen-bond acceptors (Lipinski definition) is 3. The zero-order valence-electron chi connectivity index (χ0n) is 7.35. The molecule has 0 aliphatic carbocycles. The Labute approximate surface area is 88.9 Å². The first kappa shape index (κ1) is 9.49. The van der Waals surface area contributed by atoms with Crippen molar-refractivity contribution < 1.29 is 4.43 Å². The SMILES string of the molecule is N#Cc1c(Cl)n([O-])c2ccccc2[n+]1=O. The van der Waals surface area contributed by atoms with E-state index in [0.717, 1.165) is 0 Å². The average molecular weight is 222 g/mol. The fourth-order valence-electron chi connectivity index (χ4n) is 1.31. The van der Waals surface area contributed by atoms with Gasteiger partial charge < -0.3 is 9.94 Å². The number of hydrogen-bond donors (Lipinski definition) is 0. The van der Waals surface area contributed by atoms with Crippen LogP contribution < -0.4 is 4.43 Å². The van der Waals surface area contributed by atoms with Crippen LogP contribution in [0.5, 0.6) is 0 Å². The van der Waals surface area contributed by atoms with E-state index < -0.39 is 10.8 Å². The predicted molar refractivity (Wildman–Crippen MR) is 53.8 cm³/mol. The molecule has 0 spiro atoms. The van der Waals surface area contributed by atoms with Crippen LogP contribution in [-0.4, -0.2) is 4.73 Å². The quantitative estimate of drug-likeness (QED) is 0.632. The molecule has 2 rings (SSSR count). The van der Waals surface area contributed by atoms with E-state index in [4.69, 9.17) is 16.9 Å². The molecule has 0 unspecified atom stereocenters. The zero-order chi connectivity index (χ0) is 11.0. The van der Waals surface area contributed by atoms with E-state index in [1.807, 2.05) is 0 Å². The fraction of sp³-hybridized carbons (Fsp3) is 0. The van der Waals surface area contributed by atoms with E-state index in [0.29, 0.717) is 9.16 Å². The second-order valence-corrected chi connectivity index (χ2v) is 3.19. The number of aromatic nitrogens is 2. The Kier molecular flexibility index (Phi) is 2.06. The molecule has 0 amide bonds. The number of nitrogens with zero attached hydrogens (tertiary/aromatic N) is 3. The van der Waals surface area contributed by atoms with Crippen molar-refractivity contribution in [3.05, 3.63) is 45.2 Å². The maximum absolute atomic E-state index is 11.6. The minimum Gasteiger partial charge on any atom is -0.804 e. The van der Waals surface area contributed by atoms with Crippen LogP contribution in [0.1, 0.15) is 5.69 Å². The number of halogens is 1. The average Bonchev–Trinajstić information content (AvgIpc) is 2.27. The molecule has 1 heterocycles. The highest BCUT2D eigenvalue weighted by Crippen LogP contribution is 2.17. The third-order valence-corrected chi connectivity index (χ3v) is 2.33. The summed E-state index contributed by atoms with van der Waals surface area (Å²) in [5.74, 6) is 0. The fourth-order valence-corrected chi connectivity index (χ4v) is 1.52. The van der Waals surface area contributed by atoms with E-state index >= 15 is 0 Å². The lowest BCUT2D eigenvalue weighted by molar-refractivity contribution is -0.468. The van der Waals surface area contributed by atoms with Gasteiger partial charge in [0.05, 0.1) is 4.43 Å². The second-order valence-electron chi connectivity index (χ2n) is 2.83. The van der Waals surface area contributed by atoms with E-state index in [-0.39, 0.29) is 11.0 Å². The van der Waals surface area contributed by atoms with Gasteiger partial charge in [-0.15, -0.1) is 0 Å². The van der Waals surface area contributed by atoms with Gasteiger partial charge >= 0.3 is 5.69 Å².